The van der Waals surface area contributed by atoms with Crippen LogP contribution in [-0.4, -0.2) is 54.0 Å². The first-order valence-electron chi connectivity index (χ1n) is 7.73. The van der Waals surface area contributed by atoms with Crippen molar-refractivity contribution in [1.82, 2.24) is 5.32 Å². The minimum Gasteiger partial charge on any atom is -0.461 e. The lowest BCUT2D eigenvalue weighted by atomic mass is 9.98. The lowest BCUT2D eigenvalue weighted by Gasteiger charge is -2.24. The average molecular weight is 325 g/mol. The van der Waals surface area contributed by atoms with Gasteiger partial charge in [0.25, 0.3) is 0 Å². The molecule has 1 heterocycles. The molecule has 0 aromatic carbocycles. The number of amides is 1. The van der Waals surface area contributed by atoms with Crippen LogP contribution >= 0.6 is 0 Å². The van der Waals surface area contributed by atoms with Gasteiger partial charge in [-0.25, -0.2) is 4.79 Å². The maximum atomic E-state index is 12.2. The molecule has 23 heavy (non-hydrogen) atoms. The van der Waals surface area contributed by atoms with Gasteiger partial charge in [0.15, 0.2) is 0 Å². The number of Topliss-reactive ketones (excluding diaryl/α,β-unsaturated/α-hetero) is 1. The summed E-state index contributed by atoms with van der Waals surface area (Å²) in [5.41, 5.74) is 8.32. The molecule has 8 nitrogen and oxygen atoms in total. The van der Waals surface area contributed by atoms with Crippen molar-refractivity contribution in [2.75, 3.05) is 13.2 Å². The number of ketones is 1. The van der Waals surface area contributed by atoms with Crippen LogP contribution in [0.4, 0.5) is 0 Å². The van der Waals surface area contributed by atoms with Crippen molar-refractivity contribution in [3.63, 3.8) is 0 Å². The molecule has 1 atom stereocenters. The van der Waals surface area contributed by atoms with E-state index in [2.05, 4.69) is 10.1 Å². The molecule has 0 bridgehead atoms. The molecule has 128 valence electrons. The Morgan fingerprint density at radius 2 is 2.00 bits per heavy atom. The molecule has 8 heteroatoms. The number of carbonyl (C=O) groups excluding carboxylic acids is 3. The molecule has 1 aliphatic heterocycles. The molecule has 0 spiro atoms. The molecule has 1 aliphatic rings. The second kappa shape index (κ2) is 9.86. The number of ether oxygens (including phenoxy) is 2. The first-order valence-corrected chi connectivity index (χ1v) is 7.73. The summed E-state index contributed by atoms with van der Waals surface area (Å²) in [6.07, 6.45) is 1.72. The van der Waals surface area contributed by atoms with E-state index in [0.717, 1.165) is 6.21 Å². The molecule has 0 saturated carbocycles. The van der Waals surface area contributed by atoms with E-state index in [1.165, 1.54) is 0 Å². The second-order valence-electron chi connectivity index (χ2n) is 5.68. The van der Waals surface area contributed by atoms with Crippen LogP contribution in [0.25, 0.3) is 5.53 Å². The summed E-state index contributed by atoms with van der Waals surface area (Å²) >= 11 is 0. The van der Waals surface area contributed by atoms with Crippen molar-refractivity contribution in [3.05, 3.63) is 5.53 Å². The summed E-state index contributed by atoms with van der Waals surface area (Å²) in [6, 6.07) is -0.899. The van der Waals surface area contributed by atoms with E-state index in [0.29, 0.717) is 26.1 Å². The molecule has 0 aromatic rings. The monoisotopic (exact) mass is 325 g/mol. The summed E-state index contributed by atoms with van der Waals surface area (Å²) in [7, 11) is 0. The van der Waals surface area contributed by atoms with Crippen molar-refractivity contribution in [3.8, 4) is 0 Å². The number of rotatable bonds is 8. The fraction of sp³-hybridized carbons (Fsp3) is 0.733. The largest absolute Gasteiger partial charge is 0.461 e. The van der Waals surface area contributed by atoms with Crippen molar-refractivity contribution < 1.29 is 28.6 Å². The lowest BCUT2D eigenvalue weighted by molar-refractivity contribution is -0.152. The predicted octanol–water partition coefficient (Wildman–Crippen LogP) is 0.499. The highest BCUT2D eigenvalue weighted by molar-refractivity contribution is 6.25. The Kier molecular flexibility index (Phi) is 8.15. The highest BCUT2D eigenvalue weighted by Gasteiger charge is 2.28. The molecule has 1 fully saturated rings. The highest BCUT2D eigenvalue weighted by Crippen LogP contribution is 2.15. The minimum absolute atomic E-state index is 0.0318. The van der Waals surface area contributed by atoms with Gasteiger partial charge in [-0.2, -0.15) is 4.79 Å². The fourth-order valence-corrected chi connectivity index (χ4v) is 2.23. The Labute approximate surface area is 135 Å². The summed E-state index contributed by atoms with van der Waals surface area (Å²) in [4.78, 5) is 38.4. The topological polar surface area (TPSA) is 118 Å². The van der Waals surface area contributed by atoms with Gasteiger partial charge >= 0.3 is 12.2 Å². The van der Waals surface area contributed by atoms with Crippen molar-refractivity contribution in [2.24, 2.45) is 5.92 Å². The normalized spacial score (nSPS) is 16.3. The third-order valence-corrected chi connectivity index (χ3v) is 3.43. The third kappa shape index (κ3) is 7.17. The van der Waals surface area contributed by atoms with Crippen LogP contribution in [0.2, 0.25) is 0 Å². The number of esters is 1. The predicted molar refractivity (Wildman–Crippen MR) is 80.6 cm³/mol. The molecular weight excluding hydrogens is 302 g/mol. The zero-order valence-electron chi connectivity index (χ0n) is 13.5. The van der Waals surface area contributed by atoms with E-state index in [1.54, 1.807) is 13.8 Å². The van der Waals surface area contributed by atoms with E-state index in [1.807, 2.05) is 0 Å². The number of hydrogen-bond acceptors (Lipinski definition) is 5. The summed E-state index contributed by atoms with van der Waals surface area (Å²) in [6.45, 7) is 4.45. The van der Waals surface area contributed by atoms with E-state index < -0.39 is 17.8 Å². The fourth-order valence-electron chi connectivity index (χ4n) is 2.23. The van der Waals surface area contributed by atoms with Crippen LogP contribution in [0.15, 0.2) is 0 Å². The van der Waals surface area contributed by atoms with Gasteiger partial charge in [0.1, 0.15) is 6.04 Å². The van der Waals surface area contributed by atoms with Crippen LogP contribution in [-0.2, 0) is 23.9 Å². The van der Waals surface area contributed by atoms with Gasteiger partial charge in [-0.15, -0.1) is 0 Å². The number of nitrogens with zero attached hydrogens (tertiary/aromatic N) is 2. The Morgan fingerprint density at radius 3 is 2.57 bits per heavy atom. The zero-order valence-corrected chi connectivity index (χ0v) is 13.5. The number of hydrogen-bond donors (Lipinski definition) is 1. The Balaban J connectivity index is 2.65. The molecule has 1 rings (SSSR count). The van der Waals surface area contributed by atoms with Gasteiger partial charge in [-0.1, -0.05) is 0 Å². The van der Waals surface area contributed by atoms with E-state index in [4.69, 9.17) is 15.0 Å². The van der Waals surface area contributed by atoms with Crippen LogP contribution in [0.1, 0.15) is 39.5 Å². The smallest absolute Gasteiger partial charge is 0.328 e. The molecule has 1 amide bonds. The molecule has 0 aromatic heterocycles. The summed E-state index contributed by atoms with van der Waals surface area (Å²) in [5.74, 6) is -1.45. The van der Waals surface area contributed by atoms with Gasteiger partial charge in [-0.05, 0) is 33.1 Å². The average Bonchev–Trinajstić information content (AvgIpc) is 2.51. The SMILES string of the molecule is CC(C)OC(=O)[C@H](CCC(=O)C=[N+]=[N-])NC(=O)C1CCOCC1. The number of nitrogens with one attached hydrogen (secondary N) is 1. The first-order chi connectivity index (χ1) is 10.9. The maximum Gasteiger partial charge on any atom is 0.328 e. The highest BCUT2D eigenvalue weighted by atomic mass is 16.5. The molecule has 1 N–H and O–H groups in total. The molecule has 0 radical (unpaired) electrons. The molecular formula is C15H23N3O5. The lowest BCUT2D eigenvalue weighted by Crippen LogP contribution is -2.46. The second-order valence-corrected chi connectivity index (χ2v) is 5.68. The molecule has 0 unspecified atom stereocenters. The Morgan fingerprint density at radius 1 is 1.35 bits per heavy atom. The third-order valence-electron chi connectivity index (χ3n) is 3.43. The van der Waals surface area contributed by atoms with Crippen molar-refractivity contribution >= 4 is 23.9 Å². The van der Waals surface area contributed by atoms with Gasteiger partial charge in [-0.3, -0.25) is 9.59 Å². The quantitative estimate of drug-likeness (QED) is 0.302. The Hall–Kier alpha value is -2.05. The van der Waals surface area contributed by atoms with E-state index in [-0.39, 0.29) is 30.8 Å². The van der Waals surface area contributed by atoms with E-state index in [9.17, 15) is 14.4 Å². The van der Waals surface area contributed by atoms with Gasteiger partial charge < -0.3 is 20.3 Å². The summed E-state index contributed by atoms with van der Waals surface area (Å²) < 4.78 is 10.3. The van der Waals surface area contributed by atoms with Gasteiger partial charge in [0.2, 0.25) is 11.7 Å². The summed E-state index contributed by atoms with van der Waals surface area (Å²) in [5, 5.41) is 2.66. The van der Waals surface area contributed by atoms with Crippen LogP contribution < -0.4 is 5.32 Å². The van der Waals surface area contributed by atoms with E-state index >= 15 is 0 Å². The van der Waals surface area contributed by atoms with Crippen molar-refractivity contribution in [2.45, 2.75) is 51.7 Å². The standard InChI is InChI=1S/C15H23N3O5/c1-10(2)23-15(21)13(4-3-12(19)9-17-16)18-14(20)11-5-7-22-8-6-11/h9-11,13H,3-8H2,1-2H3,(H,18,20)/t13-/m0/s1. The zero-order chi connectivity index (χ0) is 17.2. The van der Waals surface area contributed by atoms with Crippen LogP contribution in [0, 0.1) is 5.92 Å². The molecule has 1 saturated heterocycles. The number of carbonyl (C=O) groups is 3. The van der Waals surface area contributed by atoms with Crippen LogP contribution in [0.3, 0.4) is 0 Å². The van der Waals surface area contributed by atoms with Crippen molar-refractivity contribution in [1.29, 1.82) is 0 Å². The van der Waals surface area contributed by atoms with Gasteiger partial charge in [0.05, 0.1) is 6.10 Å². The maximum absolute atomic E-state index is 12.2. The first kappa shape index (κ1) is 19.0. The van der Waals surface area contributed by atoms with Crippen LogP contribution in [0.5, 0.6) is 0 Å². The molecule has 0 aliphatic carbocycles. The van der Waals surface area contributed by atoms with Gasteiger partial charge in [0, 0.05) is 25.6 Å². The Bertz CT molecular complexity index is 480. The minimum atomic E-state index is -0.899.